The van der Waals surface area contributed by atoms with Gasteiger partial charge in [0, 0.05) is 13.6 Å². The van der Waals surface area contributed by atoms with Crippen LogP contribution < -0.4 is 10.6 Å². The standard InChI is InChI=1S/C22H27FN6/c1-16(18-9-5-4-6-10-18)26-22(25-15-21-28-27-17(2)29(21)3)24-14-13-19-11-7-8-12-20(19)23/h4-12,16H,13-15H2,1-3H3,(H2,24,25,26). The summed E-state index contributed by atoms with van der Waals surface area (Å²) in [7, 11) is 1.92. The maximum atomic E-state index is 13.9. The molecule has 1 heterocycles. The number of aliphatic imine (C=N–C) groups is 1. The van der Waals surface area contributed by atoms with Crippen LogP contribution in [0.15, 0.2) is 59.6 Å². The quantitative estimate of drug-likeness (QED) is 0.477. The van der Waals surface area contributed by atoms with Crippen LogP contribution in [0.3, 0.4) is 0 Å². The molecule has 0 radical (unpaired) electrons. The van der Waals surface area contributed by atoms with Crippen LogP contribution in [0.1, 0.15) is 35.7 Å². The van der Waals surface area contributed by atoms with Crippen LogP contribution in [0.5, 0.6) is 0 Å². The summed E-state index contributed by atoms with van der Waals surface area (Å²) in [5.74, 6) is 2.09. The van der Waals surface area contributed by atoms with Crippen molar-refractivity contribution in [3.05, 3.63) is 83.2 Å². The minimum absolute atomic E-state index is 0.0668. The molecule has 1 unspecified atom stereocenters. The van der Waals surface area contributed by atoms with Crippen molar-refractivity contribution in [3.8, 4) is 0 Å². The number of nitrogens with zero attached hydrogens (tertiary/aromatic N) is 4. The van der Waals surface area contributed by atoms with E-state index in [9.17, 15) is 4.39 Å². The van der Waals surface area contributed by atoms with Crippen molar-refractivity contribution in [1.29, 1.82) is 0 Å². The molecule has 1 atom stereocenters. The fourth-order valence-electron chi connectivity index (χ4n) is 2.94. The van der Waals surface area contributed by atoms with Gasteiger partial charge in [0.15, 0.2) is 11.8 Å². The lowest BCUT2D eigenvalue weighted by atomic mass is 10.1. The zero-order valence-corrected chi connectivity index (χ0v) is 17.1. The van der Waals surface area contributed by atoms with Gasteiger partial charge in [-0.1, -0.05) is 48.5 Å². The Bertz CT molecular complexity index is 951. The molecule has 0 amide bonds. The molecule has 3 aromatic rings. The van der Waals surface area contributed by atoms with Crippen LogP contribution in [-0.4, -0.2) is 27.3 Å². The third-order valence-corrected chi connectivity index (χ3v) is 4.86. The molecule has 0 aliphatic heterocycles. The van der Waals surface area contributed by atoms with Gasteiger partial charge >= 0.3 is 0 Å². The molecule has 3 rings (SSSR count). The Morgan fingerprint density at radius 2 is 1.83 bits per heavy atom. The largest absolute Gasteiger partial charge is 0.356 e. The van der Waals surface area contributed by atoms with Gasteiger partial charge < -0.3 is 15.2 Å². The highest BCUT2D eigenvalue weighted by atomic mass is 19.1. The minimum Gasteiger partial charge on any atom is -0.356 e. The molecule has 6 nitrogen and oxygen atoms in total. The second kappa shape index (κ2) is 9.82. The van der Waals surface area contributed by atoms with Crippen molar-refractivity contribution in [3.63, 3.8) is 0 Å². The molecular weight excluding hydrogens is 367 g/mol. The minimum atomic E-state index is -0.187. The van der Waals surface area contributed by atoms with Gasteiger partial charge in [0.1, 0.15) is 18.2 Å². The van der Waals surface area contributed by atoms with Gasteiger partial charge in [-0.3, -0.25) is 0 Å². The fourth-order valence-corrected chi connectivity index (χ4v) is 2.94. The number of hydrogen-bond donors (Lipinski definition) is 2. The van der Waals surface area contributed by atoms with E-state index in [1.165, 1.54) is 6.07 Å². The normalized spacial score (nSPS) is 12.6. The van der Waals surface area contributed by atoms with Crippen molar-refractivity contribution in [2.24, 2.45) is 12.0 Å². The number of halogens is 1. The number of guanidine groups is 1. The van der Waals surface area contributed by atoms with Crippen molar-refractivity contribution in [1.82, 2.24) is 25.4 Å². The maximum absolute atomic E-state index is 13.9. The number of hydrogen-bond acceptors (Lipinski definition) is 3. The molecule has 29 heavy (non-hydrogen) atoms. The van der Waals surface area contributed by atoms with E-state index in [1.54, 1.807) is 12.1 Å². The highest BCUT2D eigenvalue weighted by Crippen LogP contribution is 2.11. The summed E-state index contributed by atoms with van der Waals surface area (Å²) in [5.41, 5.74) is 1.84. The van der Waals surface area contributed by atoms with Crippen LogP contribution in [0.2, 0.25) is 0 Å². The lowest BCUT2D eigenvalue weighted by molar-refractivity contribution is 0.605. The number of rotatable bonds is 7. The summed E-state index contributed by atoms with van der Waals surface area (Å²) in [4.78, 5) is 4.66. The van der Waals surface area contributed by atoms with Crippen LogP contribution >= 0.6 is 0 Å². The Morgan fingerprint density at radius 3 is 2.52 bits per heavy atom. The number of benzene rings is 2. The van der Waals surface area contributed by atoms with Gasteiger partial charge in [-0.15, -0.1) is 10.2 Å². The Balaban J connectivity index is 1.69. The average molecular weight is 394 g/mol. The first-order valence-electron chi connectivity index (χ1n) is 9.72. The monoisotopic (exact) mass is 394 g/mol. The summed E-state index contributed by atoms with van der Waals surface area (Å²) < 4.78 is 15.8. The summed E-state index contributed by atoms with van der Waals surface area (Å²) in [5, 5.41) is 15.0. The molecule has 152 valence electrons. The van der Waals surface area contributed by atoms with Crippen LogP contribution in [0, 0.1) is 12.7 Å². The first kappa shape index (κ1) is 20.5. The van der Waals surface area contributed by atoms with Crippen molar-refractivity contribution in [2.45, 2.75) is 32.9 Å². The topological polar surface area (TPSA) is 67.1 Å². The summed E-state index contributed by atoms with van der Waals surface area (Å²) in [6.45, 7) is 4.94. The third-order valence-electron chi connectivity index (χ3n) is 4.86. The van der Waals surface area contributed by atoms with Crippen molar-refractivity contribution < 1.29 is 4.39 Å². The van der Waals surface area contributed by atoms with Crippen molar-refractivity contribution >= 4 is 5.96 Å². The third kappa shape index (κ3) is 5.63. The molecule has 7 heteroatoms. The van der Waals surface area contributed by atoms with Crippen LogP contribution in [-0.2, 0) is 20.0 Å². The highest BCUT2D eigenvalue weighted by Gasteiger charge is 2.10. The lowest BCUT2D eigenvalue weighted by Gasteiger charge is -2.19. The number of aryl methyl sites for hydroxylation is 1. The molecule has 1 aromatic heterocycles. The predicted octanol–water partition coefficient (Wildman–Crippen LogP) is 3.30. The first-order valence-corrected chi connectivity index (χ1v) is 9.72. The molecule has 0 saturated heterocycles. The smallest absolute Gasteiger partial charge is 0.192 e. The van der Waals surface area contributed by atoms with E-state index in [0.717, 1.165) is 17.2 Å². The zero-order chi connectivity index (χ0) is 20.6. The zero-order valence-electron chi connectivity index (χ0n) is 17.1. The molecule has 0 bridgehead atoms. The van der Waals surface area contributed by atoms with E-state index in [-0.39, 0.29) is 11.9 Å². The van der Waals surface area contributed by atoms with Crippen LogP contribution in [0.25, 0.3) is 0 Å². The van der Waals surface area contributed by atoms with E-state index in [4.69, 9.17) is 0 Å². The van der Waals surface area contributed by atoms with Gasteiger partial charge in [0.05, 0.1) is 6.04 Å². The van der Waals surface area contributed by atoms with E-state index < -0.39 is 0 Å². The number of aromatic nitrogens is 3. The summed E-state index contributed by atoms with van der Waals surface area (Å²) >= 11 is 0. The molecule has 2 N–H and O–H groups in total. The fraction of sp³-hybridized carbons (Fsp3) is 0.318. The molecule has 0 spiro atoms. The Hall–Kier alpha value is -3.22. The van der Waals surface area contributed by atoms with E-state index in [2.05, 4.69) is 44.9 Å². The van der Waals surface area contributed by atoms with Gasteiger partial charge in [-0.05, 0) is 37.5 Å². The Morgan fingerprint density at radius 1 is 1.10 bits per heavy atom. The predicted molar refractivity (Wildman–Crippen MR) is 113 cm³/mol. The molecule has 0 aliphatic rings. The lowest BCUT2D eigenvalue weighted by Crippen LogP contribution is -2.40. The second-order valence-electron chi connectivity index (χ2n) is 6.93. The maximum Gasteiger partial charge on any atom is 0.192 e. The molecule has 0 fully saturated rings. The summed E-state index contributed by atoms with van der Waals surface area (Å²) in [6, 6.07) is 17.1. The summed E-state index contributed by atoms with van der Waals surface area (Å²) in [6.07, 6.45) is 0.566. The molecule has 0 aliphatic carbocycles. The van der Waals surface area contributed by atoms with Gasteiger partial charge in [-0.2, -0.15) is 0 Å². The molecule has 0 saturated carbocycles. The SMILES string of the molecule is Cc1nnc(CN=C(NCCc2ccccc2F)NC(C)c2ccccc2)n1C. The van der Waals surface area contributed by atoms with Crippen LogP contribution in [0.4, 0.5) is 4.39 Å². The Kier molecular flexibility index (Phi) is 6.94. The molecule has 2 aromatic carbocycles. The first-order chi connectivity index (χ1) is 14.0. The number of nitrogens with one attached hydrogen (secondary N) is 2. The average Bonchev–Trinajstić information content (AvgIpc) is 3.06. The van der Waals surface area contributed by atoms with Crippen molar-refractivity contribution in [2.75, 3.05) is 6.54 Å². The van der Waals surface area contributed by atoms with E-state index >= 15 is 0 Å². The van der Waals surface area contributed by atoms with E-state index in [0.29, 0.717) is 31.0 Å². The van der Waals surface area contributed by atoms with Gasteiger partial charge in [0.25, 0.3) is 0 Å². The van der Waals surface area contributed by atoms with Gasteiger partial charge in [-0.25, -0.2) is 9.38 Å². The van der Waals surface area contributed by atoms with Gasteiger partial charge in [0.2, 0.25) is 0 Å². The molecular formula is C22H27FN6. The Labute approximate surface area is 170 Å². The second-order valence-corrected chi connectivity index (χ2v) is 6.93. The van der Waals surface area contributed by atoms with E-state index in [1.807, 2.05) is 42.8 Å². The highest BCUT2D eigenvalue weighted by molar-refractivity contribution is 5.80.